The van der Waals surface area contributed by atoms with Crippen molar-refractivity contribution in [2.24, 2.45) is 0 Å². The lowest BCUT2D eigenvalue weighted by Crippen LogP contribution is -2.51. The second-order valence-corrected chi connectivity index (χ2v) is 11.9. The molecule has 1 heterocycles. The van der Waals surface area contributed by atoms with E-state index >= 15 is 0 Å². The first-order chi connectivity index (χ1) is 21.5. The number of carbonyl (C=O) groups is 2. The molecule has 5 rings (SSSR count). The molecule has 0 aliphatic carbocycles. The van der Waals surface area contributed by atoms with Crippen LogP contribution in [0.15, 0.2) is 121 Å². The molecule has 6 heteroatoms. The maximum Gasteiger partial charge on any atom is 0.405 e. The van der Waals surface area contributed by atoms with E-state index in [9.17, 15) is 14.7 Å². The number of nitrogens with one attached hydrogen (secondary N) is 2. The number of hydrogen-bond acceptors (Lipinski definition) is 3. The van der Waals surface area contributed by atoms with E-state index in [4.69, 9.17) is 0 Å². The van der Waals surface area contributed by atoms with Gasteiger partial charge in [0.05, 0.1) is 0 Å². The van der Waals surface area contributed by atoms with E-state index in [0.717, 1.165) is 49.2 Å². The van der Waals surface area contributed by atoms with Gasteiger partial charge in [-0.1, -0.05) is 121 Å². The fraction of sp³-hybridized carbons (Fsp3) is 0.316. The Labute approximate surface area is 261 Å². The lowest BCUT2D eigenvalue weighted by Gasteiger charge is -2.37. The maximum atomic E-state index is 13.6. The van der Waals surface area contributed by atoms with Gasteiger partial charge >= 0.3 is 6.09 Å². The summed E-state index contributed by atoms with van der Waals surface area (Å²) < 4.78 is 0. The largest absolute Gasteiger partial charge is 0.465 e. The Bertz CT molecular complexity index is 1400. The van der Waals surface area contributed by atoms with Crippen LogP contribution in [0.2, 0.25) is 0 Å². The van der Waals surface area contributed by atoms with Crippen molar-refractivity contribution in [2.45, 2.75) is 49.5 Å². The molecule has 0 unspecified atom stereocenters. The minimum absolute atomic E-state index is 0.279. The van der Waals surface area contributed by atoms with Crippen molar-refractivity contribution in [2.75, 3.05) is 26.2 Å². The second-order valence-electron chi connectivity index (χ2n) is 11.9. The molecule has 228 valence electrons. The van der Waals surface area contributed by atoms with E-state index in [1.807, 2.05) is 66.7 Å². The number of carbonyl (C=O) groups excluding carboxylic acids is 1. The van der Waals surface area contributed by atoms with Crippen LogP contribution in [0.25, 0.3) is 0 Å². The van der Waals surface area contributed by atoms with Gasteiger partial charge in [0.25, 0.3) is 0 Å². The quantitative estimate of drug-likeness (QED) is 0.164. The van der Waals surface area contributed by atoms with Crippen LogP contribution in [0.1, 0.15) is 53.9 Å². The van der Waals surface area contributed by atoms with E-state index in [0.29, 0.717) is 12.5 Å². The molecule has 44 heavy (non-hydrogen) atoms. The summed E-state index contributed by atoms with van der Waals surface area (Å²) in [6, 6.07) is 40.2. The van der Waals surface area contributed by atoms with Crippen molar-refractivity contribution in [1.82, 2.24) is 15.5 Å². The summed E-state index contributed by atoms with van der Waals surface area (Å²) in [6.45, 7) is 3.53. The van der Waals surface area contributed by atoms with Crippen LogP contribution in [-0.4, -0.2) is 54.2 Å². The minimum Gasteiger partial charge on any atom is -0.465 e. The Balaban J connectivity index is 1.32. The number of piperidine rings is 1. The molecular weight excluding hydrogens is 546 g/mol. The van der Waals surface area contributed by atoms with Gasteiger partial charge in [-0.3, -0.25) is 4.79 Å². The highest BCUT2D eigenvalue weighted by Crippen LogP contribution is 2.37. The molecule has 0 spiro atoms. The highest BCUT2D eigenvalue weighted by molar-refractivity contribution is 5.85. The van der Waals surface area contributed by atoms with Gasteiger partial charge in [0, 0.05) is 18.4 Å². The fourth-order valence-corrected chi connectivity index (χ4v) is 6.65. The average molecular weight is 590 g/mol. The predicted molar refractivity (Wildman–Crippen MR) is 176 cm³/mol. The molecule has 0 aromatic heterocycles. The second kappa shape index (κ2) is 15.3. The molecule has 6 nitrogen and oxygen atoms in total. The highest BCUT2D eigenvalue weighted by Gasteiger charge is 2.35. The topological polar surface area (TPSA) is 81.7 Å². The summed E-state index contributed by atoms with van der Waals surface area (Å²) in [5.74, 6) is 0.300. The van der Waals surface area contributed by atoms with Gasteiger partial charge < -0.3 is 20.6 Å². The van der Waals surface area contributed by atoms with Crippen molar-refractivity contribution in [3.05, 3.63) is 144 Å². The van der Waals surface area contributed by atoms with Crippen molar-refractivity contribution < 1.29 is 14.7 Å². The van der Waals surface area contributed by atoms with Gasteiger partial charge in [0.2, 0.25) is 5.91 Å². The van der Waals surface area contributed by atoms with Crippen LogP contribution in [-0.2, 0) is 16.6 Å². The number of likely N-dealkylation sites (tertiary alicyclic amines) is 1. The third kappa shape index (κ3) is 8.14. The van der Waals surface area contributed by atoms with Crippen LogP contribution in [0, 0.1) is 0 Å². The molecular formula is C38H43N3O3. The molecule has 3 N–H and O–H groups in total. The molecule has 4 aromatic rings. The van der Waals surface area contributed by atoms with Gasteiger partial charge in [-0.05, 0) is 73.5 Å². The van der Waals surface area contributed by atoms with E-state index in [1.54, 1.807) is 0 Å². The first-order valence-electron chi connectivity index (χ1n) is 15.7. The maximum absolute atomic E-state index is 13.6. The van der Waals surface area contributed by atoms with Crippen LogP contribution in [0.3, 0.4) is 0 Å². The molecule has 1 atom stereocenters. The number of carboxylic acid groups (broad SMARTS) is 1. The zero-order valence-corrected chi connectivity index (χ0v) is 25.3. The van der Waals surface area contributed by atoms with Gasteiger partial charge in [-0.15, -0.1) is 0 Å². The fourth-order valence-electron chi connectivity index (χ4n) is 6.65. The van der Waals surface area contributed by atoms with Crippen molar-refractivity contribution >= 4 is 12.0 Å². The third-order valence-electron chi connectivity index (χ3n) is 9.05. The summed E-state index contributed by atoms with van der Waals surface area (Å²) in [7, 11) is 0. The zero-order chi connectivity index (χ0) is 30.6. The van der Waals surface area contributed by atoms with Crippen molar-refractivity contribution in [1.29, 1.82) is 0 Å². The van der Waals surface area contributed by atoms with Gasteiger partial charge in [-0.2, -0.15) is 0 Å². The Kier molecular flexibility index (Phi) is 10.8. The van der Waals surface area contributed by atoms with Gasteiger partial charge in [-0.25, -0.2) is 4.79 Å². The van der Waals surface area contributed by atoms with Gasteiger partial charge in [0.15, 0.2) is 0 Å². The van der Waals surface area contributed by atoms with Crippen LogP contribution < -0.4 is 10.6 Å². The number of rotatable bonds is 13. The van der Waals surface area contributed by atoms with E-state index in [1.165, 1.54) is 18.4 Å². The monoisotopic (exact) mass is 589 g/mol. The standard InChI is InChI=1S/C38H43N3O3/c42-36(35(40-37(43)44)28-30-14-5-1-6-15-30)39-29-38(33-18-9-3-10-19-33,34-20-11-4-12-21-34)24-13-25-41-26-22-32(23-27-41)31-16-7-2-8-17-31/h1-12,14-21,32,35,40H,13,22-29H2,(H,39,42)(H,43,44)/t35-/m0/s1. The van der Waals surface area contributed by atoms with Gasteiger partial charge in [0.1, 0.15) is 6.04 Å². The smallest absolute Gasteiger partial charge is 0.405 e. The third-order valence-corrected chi connectivity index (χ3v) is 9.05. The Morgan fingerprint density at radius 3 is 1.84 bits per heavy atom. The summed E-state index contributed by atoms with van der Waals surface area (Å²) in [6.07, 6.45) is 3.21. The van der Waals surface area contributed by atoms with Crippen LogP contribution in [0.5, 0.6) is 0 Å². The summed E-state index contributed by atoms with van der Waals surface area (Å²) in [5, 5.41) is 15.1. The molecule has 4 aromatic carbocycles. The first kappa shape index (κ1) is 31.0. The predicted octanol–water partition coefficient (Wildman–Crippen LogP) is 6.63. The molecule has 0 saturated carbocycles. The summed E-state index contributed by atoms with van der Waals surface area (Å²) in [4.78, 5) is 27.8. The lowest BCUT2D eigenvalue weighted by atomic mass is 9.71. The molecule has 0 bridgehead atoms. The highest BCUT2D eigenvalue weighted by atomic mass is 16.4. The summed E-state index contributed by atoms with van der Waals surface area (Å²) in [5.41, 5.74) is 4.15. The van der Waals surface area contributed by atoms with Crippen LogP contribution >= 0.6 is 0 Å². The molecule has 1 fully saturated rings. The molecule has 0 radical (unpaired) electrons. The normalized spacial score (nSPS) is 14.9. The van der Waals surface area contributed by atoms with E-state index in [2.05, 4.69) is 70.1 Å². The zero-order valence-electron chi connectivity index (χ0n) is 25.3. The Hall–Kier alpha value is -4.42. The first-order valence-corrected chi connectivity index (χ1v) is 15.7. The van der Waals surface area contributed by atoms with Crippen LogP contribution in [0.4, 0.5) is 4.79 Å². The minimum atomic E-state index is -1.21. The number of nitrogens with zero attached hydrogens (tertiary/aromatic N) is 1. The Morgan fingerprint density at radius 2 is 1.30 bits per heavy atom. The summed E-state index contributed by atoms with van der Waals surface area (Å²) >= 11 is 0. The van der Waals surface area contributed by atoms with E-state index < -0.39 is 17.6 Å². The van der Waals surface area contributed by atoms with Crippen molar-refractivity contribution in [3.8, 4) is 0 Å². The van der Waals surface area contributed by atoms with Crippen molar-refractivity contribution in [3.63, 3.8) is 0 Å². The average Bonchev–Trinajstić information content (AvgIpc) is 3.08. The van der Waals surface area contributed by atoms with E-state index in [-0.39, 0.29) is 12.3 Å². The molecule has 1 aliphatic rings. The SMILES string of the molecule is O=C(O)N[C@@H](Cc1ccccc1)C(=O)NCC(CCCN1CCC(c2ccccc2)CC1)(c1ccccc1)c1ccccc1. The molecule has 2 amide bonds. The molecule has 1 saturated heterocycles. The lowest BCUT2D eigenvalue weighted by molar-refractivity contribution is -0.123. The number of amides is 2. The number of benzene rings is 4. The Morgan fingerprint density at radius 1 is 0.773 bits per heavy atom. The molecule has 1 aliphatic heterocycles. The number of hydrogen-bond donors (Lipinski definition) is 3.